The predicted octanol–water partition coefficient (Wildman–Crippen LogP) is 2.20. The Hall–Kier alpha value is -2.43. The number of fused-ring (bicyclic) bond motifs is 1. The van der Waals surface area contributed by atoms with Crippen LogP contribution in [0.2, 0.25) is 0 Å². The van der Waals surface area contributed by atoms with E-state index >= 15 is 0 Å². The van der Waals surface area contributed by atoms with E-state index in [2.05, 4.69) is 9.97 Å². The molecule has 0 spiro atoms. The Balaban J connectivity index is 2.09. The Bertz CT molecular complexity index is 691. The van der Waals surface area contributed by atoms with Gasteiger partial charge in [-0.05, 0) is 5.56 Å². The smallest absolute Gasteiger partial charge is 0.202 e. The van der Waals surface area contributed by atoms with E-state index in [0.29, 0.717) is 23.7 Å². The maximum absolute atomic E-state index is 13.1. The third-order valence-electron chi connectivity index (χ3n) is 2.76. The summed E-state index contributed by atoms with van der Waals surface area (Å²) in [7, 11) is 0. The summed E-state index contributed by atoms with van der Waals surface area (Å²) in [4.78, 5) is 8.15. The third kappa shape index (κ3) is 1.79. The molecule has 2 heterocycles. The van der Waals surface area contributed by atoms with Crippen LogP contribution in [-0.2, 0) is 6.54 Å². The fourth-order valence-corrected chi connectivity index (χ4v) is 1.93. The summed E-state index contributed by atoms with van der Waals surface area (Å²) in [6.45, 7) is 0.571. The summed E-state index contributed by atoms with van der Waals surface area (Å²) >= 11 is 0. The van der Waals surface area contributed by atoms with Gasteiger partial charge < -0.3 is 5.73 Å². The number of nitrogen functional groups attached to an aromatic ring is 1. The quantitative estimate of drug-likeness (QED) is 0.749. The van der Waals surface area contributed by atoms with Gasteiger partial charge in [0.15, 0.2) is 5.65 Å². The second-order valence-corrected chi connectivity index (χ2v) is 4.04. The number of nitrogens with two attached hydrogens (primary N) is 1. The van der Waals surface area contributed by atoms with Crippen LogP contribution in [0.5, 0.6) is 0 Å². The molecule has 2 N–H and O–H groups in total. The molecule has 5 heteroatoms. The van der Waals surface area contributed by atoms with E-state index in [1.807, 2.05) is 30.3 Å². The minimum absolute atomic E-state index is 0.340. The molecule has 0 unspecified atom stereocenters. The highest BCUT2D eigenvalue weighted by molar-refractivity contribution is 5.74. The molecule has 90 valence electrons. The van der Waals surface area contributed by atoms with Crippen molar-refractivity contribution in [3.8, 4) is 0 Å². The number of imidazole rings is 1. The Kier molecular flexibility index (Phi) is 2.44. The normalized spacial score (nSPS) is 10.9. The first kappa shape index (κ1) is 10.7. The number of anilines is 1. The van der Waals surface area contributed by atoms with E-state index < -0.39 is 5.82 Å². The molecule has 0 bridgehead atoms. The van der Waals surface area contributed by atoms with E-state index in [1.54, 1.807) is 4.57 Å². The summed E-state index contributed by atoms with van der Waals surface area (Å²) < 4.78 is 14.8. The van der Waals surface area contributed by atoms with Gasteiger partial charge in [0.25, 0.3) is 0 Å². The highest BCUT2D eigenvalue weighted by atomic mass is 19.1. The molecule has 0 fully saturated rings. The van der Waals surface area contributed by atoms with Crippen molar-refractivity contribution in [2.45, 2.75) is 6.54 Å². The molecular formula is C13H11FN4. The molecule has 0 aliphatic heterocycles. The summed E-state index contributed by atoms with van der Waals surface area (Å²) in [5.74, 6) is -0.0705. The molecule has 1 aromatic carbocycles. The van der Waals surface area contributed by atoms with Crippen molar-refractivity contribution in [2.24, 2.45) is 0 Å². The van der Waals surface area contributed by atoms with E-state index in [0.717, 1.165) is 5.56 Å². The van der Waals surface area contributed by atoms with Gasteiger partial charge in [0.1, 0.15) is 11.3 Å². The van der Waals surface area contributed by atoms with Gasteiger partial charge in [-0.25, -0.2) is 14.4 Å². The minimum atomic E-state index is -0.410. The number of nitrogens with zero attached hydrogens (tertiary/aromatic N) is 3. The highest BCUT2D eigenvalue weighted by Crippen LogP contribution is 2.18. The van der Waals surface area contributed by atoms with Crippen LogP contribution in [0.25, 0.3) is 11.2 Å². The first-order chi connectivity index (χ1) is 8.74. The first-order valence-electron chi connectivity index (χ1n) is 5.55. The van der Waals surface area contributed by atoms with Crippen LogP contribution >= 0.6 is 0 Å². The molecule has 18 heavy (non-hydrogen) atoms. The number of hydrogen-bond donors (Lipinski definition) is 1. The Labute approximate surface area is 103 Å². The van der Waals surface area contributed by atoms with Gasteiger partial charge in [-0.15, -0.1) is 0 Å². The van der Waals surface area contributed by atoms with Gasteiger partial charge in [0.2, 0.25) is 5.95 Å². The average molecular weight is 242 g/mol. The van der Waals surface area contributed by atoms with Gasteiger partial charge in [-0.1, -0.05) is 30.3 Å². The number of benzene rings is 1. The summed E-state index contributed by atoms with van der Waals surface area (Å²) in [5, 5.41) is 0. The second-order valence-electron chi connectivity index (χ2n) is 4.04. The number of pyridine rings is 1. The van der Waals surface area contributed by atoms with Crippen LogP contribution < -0.4 is 5.73 Å². The van der Waals surface area contributed by atoms with E-state index in [-0.39, 0.29) is 0 Å². The van der Waals surface area contributed by atoms with Crippen LogP contribution in [0.15, 0.2) is 42.6 Å². The number of aromatic nitrogens is 3. The van der Waals surface area contributed by atoms with Crippen molar-refractivity contribution < 1.29 is 4.39 Å². The van der Waals surface area contributed by atoms with Crippen molar-refractivity contribution in [3.63, 3.8) is 0 Å². The topological polar surface area (TPSA) is 56.7 Å². The molecule has 0 amide bonds. The van der Waals surface area contributed by atoms with E-state index in [4.69, 9.17) is 5.73 Å². The van der Waals surface area contributed by atoms with Gasteiger partial charge >= 0.3 is 0 Å². The number of hydrogen-bond acceptors (Lipinski definition) is 3. The molecule has 0 saturated carbocycles. The van der Waals surface area contributed by atoms with Crippen LogP contribution in [0.3, 0.4) is 0 Å². The van der Waals surface area contributed by atoms with Crippen molar-refractivity contribution in [2.75, 3.05) is 5.73 Å². The molecular weight excluding hydrogens is 231 g/mol. The minimum Gasteiger partial charge on any atom is -0.369 e. The molecule has 0 atom stereocenters. The summed E-state index contributed by atoms with van der Waals surface area (Å²) in [5.41, 5.74) is 8.00. The van der Waals surface area contributed by atoms with E-state index in [9.17, 15) is 4.39 Å². The Morgan fingerprint density at radius 1 is 1.22 bits per heavy atom. The van der Waals surface area contributed by atoms with Crippen LogP contribution in [0.1, 0.15) is 5.56 Å². The SMILES string of the molecule is Nc1nc2cc(F)cnc2n1Cc1ccccc1. The van der Waals surface area contributed by atoms with Crippen LogP contribution in [0, 0.1) is 5.82 Å². The number of halogens is 1. The standard InChI is InChI=1S/C13H11FN4/c14-10-6-11-12(16-7-10)18(13(15)17-11)8-9-4-2-1-3-5-9/h1-7H,8H2,(H2,15,17). The maximum Gasteiger partial charge on any atom is 0.202 e. The summed E-state index contributed by atoms with van der Waals surface area (Å²) in [6.07, 6.45) is 1.17. The molecule has 0 saturated heterocycles. The maximum atomic E-state index is 13.1. The second kappa shape index (κ2) is 4.10. The van der Waals surface area contributed by atoms with E-state index in [1.165, 1.54) is 12.3 Å². The zero-order valence-electron chi connectivity index (χ0n) is 9.55. The highest BCUT2D eigenvalue weighted by Gasteiger charge is 2.10. The lowest BCUT2D eigenvalue weighted by Crippen LogP contribution is -2.05. The molecule has 0 radical (unpaired) electrons. The largest absolute Gasteiger partial charge is 0.369 e. The summed E-state index contributed by atoms with van der Waals surface area (Å²) in [6, 6.07) is 11.2. The zero-order chi connectivity index (χ0) is 12.5. The van der Waals surface area contributed by atoms with Crippen LogP contribution in [-0.4, -0.2) is 14.5 Å². The average Bonchev–Trinajstić information content (AvgIpc) is 2.66. The predicted molar refractivity (Wildman–Crippen MR) is 67.4 cm³/mol. The van der Waals surface area contributed by atoms with Gasteiger partial charge in [0.05, 0.1) is 12.7 Å². The molecule has 3 rings (SSSR count). The van der Waals surface area contributed by atoms with Crippen molar-refractivity contribution in [1.82, 2.24) is 14.5 Å². The monoisotopic (exact) mass is 242 g/mol. The third-order valence-corrected chi connectivity index (χ3v) is 2.76. The molecule has 2 aromatic heterocycles. The first-order valence-corrected chi connectivity index (χ1v) is 5.55. The lowest BCUT2D eigenvalue weighted by Gasteiger charge is -2.05. The molecule has 0 aliphatic rings. The molecule has 3 aromatic rings. The Morgan fingerprint density at radius 2 is 2.00 bits per heavy atom. The van der Waals surface area contributed by atoms with Crippen molar-refractivity contribution in [1.29, 1.82) is 0 Å². The van der Waals surface area contributed by atoms with Crippen LogP contribution in [0.4, 0.5) is 10.3 Å². The molecule has 4 nitrogen and oxygen atoms in total. The lowest BCUT2D eigenvalue weighted by atomic mass is 10.2. The van der Waals surface area contributed by atoms with Crippen molar-refractivity contribution >= 4 is 17.1 Å². The van der Waals surface area contributed by atoms with Gasteiger partial charge in [-0.3, -0.25) is 4.57 Å². The molecule has 0 aliphatic carbocycles. The zero-order valence-corrected chi connectivity index (χ0v) is 9.55. The fraction of sp³-hybridized carbons (Fsp3) is 0.0769. The van der Waals surface area contributed by atoms with Gasteiger partial charge in [-0.2, -0.15) is 0 Å². The number of rotatable bonds is 2. The van der Waals surface area contributed by atoms with Gasteiger partial charge in [0, 0.05) is 6.07 Å². The fourth-order valence-electron chi connectivity index (χ4n) is 1.93. The lowest BCUT2D eigenvalue weighted by molar-refractivity contribution is 0.623. The van der Waals surface area contributed by atoms with Crippen molar-refractivity contribution in [3.05, 3.63) is 54.0 Å². The Morgan fingerprint density at radius 3 is 2.78 bits per heavy atom.